The van der Waals surface area contributed by atoms with Crippen LogP contribution in [0.25, 0.3) is 0 Å². The maximum atomic E-state index is 9.44. The van der Waals surface area contributed by atoms with Crippen LogP contribution in [0.4, 0.5) is 0 Å². The van der Waals surface area contributed by atoms with E-state index in [2.05, 4.69) is 17.1 Å². The molecule has 1 aliphatic heterocycles. The Labute approximate surface area is 87.5 Å². The second-order valence-electron chi connectivity index (χ2n) is 4.13. The first kappa shape index (κ1) is 12.0. The van der Waals surface area contributed by atoms with Gasteiger partial charge in [0.15, 0.2) is 6.35 Å². The van der Waals surface area contributed by atoms with Crippen LogP contribution in [-0.4, -0.2) is 36.0 Å². The van der Waals surface area contributed by atoms with E-state index >= 15 is 0 Å². The second kappa shape index (κ2) is 7.21. The fraction of sp³-hybridized carbons (Fsp3) is 1.00. The third-order valence-electron chi connectivity index (χ3n) is 2.87. The molecule has 84 valence electrons. The minimum absolute atomic E-state index is 0.384. The summed E-state index contributed by atoms with van der Waals surface area (Å²) in [7, 11) is 0. The van der Waals surface area contributed by atoms with Crippen molar-refractivity contribution in [2.24, 2.45) is 0 Å². The summed E-state index contributed by atoms with van der Waals surface area (Å²) in [6.45, 7) is 5.21. The number of nitrogens with one attached hydrogen (secondary N) is 1. The molecule has 0 saturated carbocycles. The lowest BCUT2D eigenvalue weighted by Crippen LogP contribution is -2.35. The second-order valence-corrected chi connectivity index (χ2v) is 4.13. The first-order valence-corrected chi connectivity index (χ1v) is 6.00. The molecule has 14 heavy (non-hydrogen) atoms. The number of rotatable bonds is 7. The molecular weight excluding hydrogens is 176 g/mol. The van der Waals surface area contributed by atoms with Gasteiger partial charge in [-0.05, 0) is 6.42 Å². The van der Waals surface area contributed by atoms with Crippen LogP contribution in [0.2, 0.25) is 0 Å². The molecule has 0 aromatic heterocycles. The summed E-state index contributed by atoms with van der Waals surface area (Å²) >= 11 is 0. The highest BCUT2D eigenvalue weighted by molar-refractivity contribution is 4.69. The van der Waals surface area contributed by atoms with E-state index in [4.69, 9.17) is 0 Å². The Morgan fingerprint density at radius 2 is 1.93 bits per heavy atom. The van der Waals surface area contributed by atoms with E-state index in [1.54, 1.807) is 0 Å². The predicted molar refractivity (Wildman–Crippen MR) is 59.0 cm³/mol. The molecule has 0 amide bonds. The highest BCUT2D eigenvalue weighted by Crippen LogP contribution is 2.07. The molecule has 3 heteroatoms. The van der Waals surface area contributed by atoms with Crippen molar-refractivity contribution in [2.45, 2.75) is 51.8 Å². The first-order valence-electron chi connectivity index (χ1n) is 6.00. The highest BCUT2D eigenvalue weighted by atomic mass is 16.3. The Hall–Kier alpha value is -0.120. The van der Waals surface area contributed by atoms with Crippen LogP contribution in [0.5, 0.6) is 0 Å². The molecular formula is C11H24N2O. The van der Waals surface area contributed by atoms with Crippen LogP contribution in [0.3, 0.4) is 0 Å². The van der Waals surface area contributed by atoms with Crippen molar-refractivity contribution in [1.29, 1.82) is 0 Å². The fourth-order valence-corrected chi connectivity index (χ4v) is 1.92. The van der Waals surface area contributed by atoms with Gasteiger partial charge >= 0.3 is 0 Å². The lowest BCUT2D eigenvalue weighted by molar-refractivity contribution is 0.0212. The van der Waals surface area contributed by atoms with Gasteiger partial charge in [0.25, 0.3) is 0 Å². The summed E-state index contributed by atoms with van der Waals surface area (Å²) in [4.78, 5) is 2.11. The quantitative estimate of drug-likeness (QED) is 0.612. The largest absolute Gasteiger partial charge is 0.365 e. The van der Waals surface area contributed by atoms with Crippen molar-refractivity contribution in [3.8, 4) is 0 Å². The molecule has 1 rings (SSSR count). The zero-order valence-electron chi connectivity index (χ0n) is 9.34. The summed E-state index contributed by atoms with van der Waals surface area (Å²) < 4.78 is 0. The number of nitrogens with zero attached hydrogens (tertiary/aromatic N) is 1. The molecule has 0 spiro atoms. The molecule has 2 N–H and O–H groups in total. The molecule has 1 heterocycles. The summed E-state index contributed by atoms with van der Waals surface area (Å²) in [6.07, 6.45) is 7.56. The maximum Gasteiger partial charge on any atom is 0.163 e. The van der Waals surface area contributed by atoms with Gasteiger partial charge in [0.05, 0.1) is 0 Å². The van der Waals surface area contributed by atoms with Gasteiger partial charge in [-0.3, -0.25) is 10.2 Å². The number of hydrogen-bond acceptors (Lipinski definition) is 3. The van der Waals surface area contributed by atoms with Gasteiger partial charge in [-0.2, -0.15) is 0 Å². The molecule has 0 aliphatic carbocycles. The average molecular weight is 200 g/mol. The Balaban J connectivity index is 1.88. The predicted octanol–water partition coefficient (Wildman–Crippen LogP) is 1.53. The minimum Gasteiger partial charge on any atom is -0.365 e. The molecule has 1 saturated heterocycles. The van der Waals surface area contributed by atoms with Crippen molar-refractivity contribution in [3.05, 3.63) is 0 Å². The van der Waals surface area contributed by atoms with Crippen LogP contribution in [0.1, 0.15) is 45.4 Å². The zero-order valence-corrected chi connectivity index (χ0v) is 9.34. The smallest absolute Gasteiger partial charge is 0.163 e. The molecule has 1 atom stereocenters. The van der Waals surface area contributed by atoms with Crippen molar-refractivity contribution in [2.75, 3.05) is 19.6 Å². The van der Waals surface area contributed by atoms with E-state index in [1.807, 2.05) is 0 Å². The molecule has 0 aromatic carbocycles. The summed E-state index contributed by atoms with van der Waals surface area (Å²) in [5.74, 6) is 0. The standard InChI is InChI=1S/C11H24N2O/c1-2-3-4-5-6-7-9-13-10-8-12-11(13)14/h11-12,14H,2-10H2,1H3. The minimum atomic E-state index is -0.384. The number of aliphatic hydroxyl groups excluding tert-OH is 1. The van der Waals surface area contributed by atoms with Gasteiger partial charge in [-0.25, -0.2) is 0 Å². The summed E-state index contributed by atoms with van der Waals surface area (Å²) in [5.41, 5.74) is 0. The van der Waals surface area contributed by atoms with Crippen LogP contribution in [-0.2, 0) is 0 Å². The van der Waals surface area contributed by atoms with Gasteiger partial charge in [-0.15, -0.1) is 0 Å². The highest BCUT2D eigenvalue weighted by Gasteiger charge is 2.19. The number of unbranched alkanes of at least 4 members (excludes halogenated alkanes) is 5. The van der Waals surface area contributed by atoms with Gasteiger partial charge in [-0.1, -0.05) is 39.0 Å². The van der Waals surface area contributed by atoms with Crippen LogP contribution in [0, 0.1) is 0 Å². The Bertz CT molecular complexity index is 141. The molecule has 0 aromatic rings. The van der Waals surface area contributed by atoms with Crippen LogP contribution < -0.4 is 5.32 Å². The number of hydrogen-bond donors (Lipinski definition) is 2. The molecule has 0 radical (unpaired) electrons. The Morgan fingerprint density at radius 1 is 1.21 bits per heavy atom. The maximum absolute atomic E-state index is 9.44. The molecule has 0 bridgehead atoms. The summed E-state index contributed by atoms with van der Waals surface area (Å²) in [5, 5.41) is 12.5. The fourth-order valence-electron chi connectivity index (χ4n) is 1.92. The van der Waals surface area contributed by atoms with Gasteiger partial charge in [0.1, 0.15) is 0 Å². The van der Waals surface area contributed by atoms with E-state index in [0.717, 1.165) is 19.6 Å². The van der Waals surface area contributed by atoms with E-state index in [-0.39, 0.29) is 6.35 Å². The topological polar surface area (TPSA) is 35.5 Å². The molecule has 3 nitrogen and oxygen atoms in total. The van der Waals surface area contributed by atoms with Crippen molar-refractivity contribution >= 4 is 0 Å². The van der Waals surface area contributed by atoms with E-state index < -0.39 is 0 Å². The van der Waals surface area contributed by atoms with Crippen molar-refractivity contribution in [1.82, 2.24) is 10.2 Å². The lowest BCUT2D eigenvalue weighted by Gasteiger charge is -2.18. The SMILES string of the molecule is CCCCCCCCN1CCNC1O. The number of aliphatic hydroxyl groups is 1. The molecule has 1 aliphatic rings. The van der Waals surface area contributed by atoms with Crippen molar-refractivity contribution < 1.29 is 5.11 Å². The van der Waals surface area contributed by atoms with Crippen molar-refractivity contribution in [3.63, 3.8) is 0 Å². The zero-order chi connectivity index (χ0) is 10.2. The lowest BCUT2D eigenvalue weighted by atomic mass is 10.1. The third kappa shape index (κ3) is 4.40. The van der Waals surface area contributed by atoms with Crippen LogP contribution >= 0.6 is 0 Å². The van der Waals surface area contributed by atoms with E-state index in [0.29, 0.717) is 0 Å². The first-order chi connectivity index (χ1) is 6.84. The Morgan fingerprint density at radius 3 is 2.57 bits per heavy atom. The van der Waals surface area contributed by atoms with E-state index in [9.17, 15) is 5.11 Å². The Kier molecular flexibility index (Phi) is 6.15. The van der Waals surface area contributed by atoms with Gasteiger partial charge < -0.3 is 5.11 Å². The summed E-state index contributed by atoms with van der Waals surface area (Å²) in [6, 6.07) is 0. The van der Waals surface area contributed by atoms with Crippen LogP contribution in [0.15, 0.2) is 0 Å². The van der Waals surface area contributed by atoms with Gasteiger partial charge in [0, 0.05) is 19.6 Å². The normalized spacial score (nSPS) is 23.1. The molecule has 1 unspecified atom stereocenters. The van der Waals surface area contributed by atoms with Gasteiger partial charge in [0.2, 0.25) is 0 Å². The third-order valence-corrected chi connectivity index (χ3v) is 2.87. The average Bonchev–Trinajstić information content (AvgIpc) is 2.58. The molecule has 1 fully saturated rings. The monoisotopic (exact) mass is 200 g/mol. The van der Waals surface area contributed by atoms with E-state index in [1.165, 1.54) is 38.5 Å².